The topological polar surface area (TPSA) is 79.4 Å². The molecule has 0 spiro atoms. The monoisotopic (exact) mass is 246 g/mol. The Labute approximate surface area is 106 Å². The van der Waals surface area contributed by atoms with Gasteiger partial charge in [-0.2, -0.15) is 0 Å². The summed E-state index contributed by atoms with van der Waals surface area (Å²) < 4.78 is 5.58. The van der Waals surface area contributed by atoms with E-state index >= 15 is 0 Å². The summed E-state index contributed by atoms with van der Waals surface area (Å²) in [6.07, 6.45) is 0. The highest BCUT2D eigenvalue weighted by molar-refractivity contribution is 6.58. The molecule has 5 nitrogen and oxygen atoms in total. The van der Waals surface area contributed by atoms with Gasteiger partial charge in [0.2, 0.25) is 11.8 Å². The van der Waals surface area contributed by atoms with Crippen molar-refractivity contribution in [3.05, 3.63) is 30.2 Å². The highest BCUT2D eigenvalue weighted by Crippen LogP contribution is 2.24. The van der Waals surface area contributed by atoms with Gasteiger partial charge in [0, 0.05) is 11.0 Å². The molecular weight excluding hydrogens is 231 g/mol. The largest absolute Gasteiger partial charge is 0.488 e. The number of nitrogens with zero attached hydrogens (tertiary/aromatic N) is 2. The Kier molecular flexibility index (Phi) is 3.23. The van der Waals surface area contributed by atoms with Gasteiger partial charge in [0.1, 0.15) is 0 Å². The van der Waals surface area contributed by atoms with Gasteiger partial charge >= 0.3 is 7.12 Å². The van der Waals surface area contributed by atoms with E-state index < -0.39 is 7.12 Å². The van der Waals surface area contributed by atoms with E-state index in [1.165, 1.54) is 0 Å². The summed E-state index contributed by atoms with van der Waals surface area (Å²) in [4.78, 5) is 0. The molecular formula is C12H15BN2O3. The average Bonchev–Trinajstić information content (AvgIpc) is 2.78. The van der Waals surface area contributed by atoms with Crippen LogP contribution in [0.15, 0.2) is 28.7 Å². The van der Waals surface area contributed by atoms with Gasteiger partial charge in [-0.15, -0.1) is 10.2 Å². The minimum Gasteiger partial charge on any atom is -0.423 e. The quantitative estimate of drug-likeness (QED) is 0.763. The first-order chi connectivity index (χ1) is 8.38. The van der Waals surface area contributed by atoms with E-state index in [-0.39, 0.29) is 5.41 Å². The fraction of sp³-hybridized carbons (Fsp3) is 0.333. The molecule has 0 atom stereocenters. The van der Waals surface area contributed by atoms with Gasteiger partial charge in [-0.25, -0.2) is 0 Å². The second-order valence-corrected chi connectivity index (χ2v) is 5.16. The lowest BCUT2D eigenvalue weighted by Gasteiger charge is -2.11. The molecule has 0 aliphatic carbocycles. The summed E-state index contributed by atoms with van der Waals surface area (Å²) in [5, 5.41) is 26.2. The van der Waals surface area contributed by atoms with Gasteiger partial charge in [0.05, 0.1) is 0 Å². The Balaban J connectivity index is 2.37. The molecule has 1 aromatic heterocycles. The van der Waals surface area contributed by atoms with Crippen molar-refractivity contribution in [3.63, 3.8) is 0 Å². The van der Waals surface area contributed by atoms with Gasteiger partial charge < -0.3 is 14.5 Å². The Hall–Kier alpha value is -1.66. The van der Waals surface area contributed by atoms with E-state index in [1.54, 1.807) is 24.3 Å². The molecule has 2 rings (SSSR count). The lowest BCUT2D eigenvalue weighted by Crippen LogP contribution is -2.29. The summed E-state index contributed by atoms with van der Waals surface area (Å²) >= 11 is 0. The molecule has 2 N–H and O–H groups in total. The molecule has 0 aliphatic heterocycles. The van der Waals surface area contributed by atoms with Crippen LogP contribution in [0.1, 0.15) is 26.7 Å². The van der Waals surface area contributed by atoms with Crippen molar-refractivity contribution < 1.29 is 14.5 Å². The second kappa shape index (κ2) is 4.55. The Morgan fingerprint density at radius 3 is 2.44 bits per heavy atom. The maximum atomic E-state index is 9.12. The molecule has 0 amide bonds. The third-order valence-electron chi connectivity index (χ3n) is 2.50. The van der Waals surface area contributed by atoms with Crippen LogP contribution in [0.25, 0.3) is 11.5 Å². The zero-order valence-electron chi connectivity index (χ0n) is 10.6. The predicted molar refractivity (Wildman–Crippen MR) is 68.3 cm³/mol. The molecule has 18 heavy (non-hydrogen) atoms. The summed E-state index contributed by atoms with van der Waals surface area (Å²) in [6, 6.07) is 6.73. The smallest absolute Gasteiger partial charge is 0.423 e. The normalized spacial score (nSPS) is 11.6. The molecule has 0 fully saturated rings. The van der Waals surface area contributed by atoms with Crippen molar-refractivity contribution in [1.82, 2.24) is 10.2 Å². The number of benzene rings is 1. The third kappa shape index (κ3) is 2.60. The summed E-state index contributed by atoms with van der Waals surface area (Å²) in [6.45, 7) is 5.95. The van der Waals surface area contributed by atoms with Crippen LogP contribution in [-0.4, -0.2) is 27.4 Å². The van der Waals surface area contributed by atoms with Gasteiger partial charge in [-0.3, -0.25) is 0 Å². The first kappa shape index (κ1) is 12.8. The third-order valence-corrected chi connectivity index (χ3v) is 2.50. The van der Waals surface area contributed by atoms with Crippen molar-refractivity contribution in [2.45, 2.75) is 26.2 Å². The minimum absolute atomic E-state index is 0.209. The number of rotatable bonds is 2. The molecule has 0 saturated heterocycles. The molecule has 94 valence electrons. The summed E-state index contributed by atoms with van der Waals surface area (Å²) in [5.74, 6) is 0.926. The zero-order valence-corrected chi connectivity index (χ0v) is 10.6. The number of aromatic nitrogens is 2. The molecule has 0 radical (unpaired) electrons. The molecule has 0 bridgehead atoms. The first-order valence-corrected chi connectivity index (χ1v) is 5.68. The van der Waals surface area contributed by atoms with Crippen molar-refractivity contribution in [2.24, 2.45) is 0 Å². The van der Waals surface area contributed by atoms with Crippen LogP contribution in [-0.2, 0) is 5.41 Å². The van der Waals surface area contributed by atoms with Gasteiger partial charge in [0.15, 0.2) is 0 Å². The number of hydrogen-bond donors (Lipinski definition) is 2. The van der Waals surface area contributed by atoms with Crippen molar-refractivity contribution >= 4 is 12.6 Å². The molecule has 1 heterocycles. The SMILES string of the molecule is CC(C)(C)c1nnc(-c2cccc(B(O)O)c2)o1. The Morgan fingerprint density at radius 2 is 1.89 bits per heavy atom. The van der Waals surface area contributed by atoms with Crippen molar-refractivity contribution in [2.75, 3.05) is 0 Å². The van der Waals surface area contributed by atoms with Crippen LogP contribution < -0.4 is 5.46 Å². The molecule has 2 aromatic rings. The van der Waals surface area contributed by atoms with E-state index in [0.29, 0.717) is 22.8 Å². The predicted octanol–water partition coefficient (Wildman–Crippen LogP) is 0.714. The Bertz CT molecular complexity index is 546. The zero-order chi connectivity index (χ0) is 13.3. The minimum atomic E-state index is -1.50. The van der Waals surface area contributed by atoms with E-state index in [2.05, 4.69) is 10.2 Å². The molecule has 6 heteroatoms. The number of hydrogen-bond acceptors (Lipinski definition) is 5. The van der Waals surface area contributed by atoms with Crippen LogP contribution in [0.5, 0.6) is 0 Å². The second-order valence-electron chi connectivity index (χ2n) is 5.16. The van der Waals surface area contributed by atoms with Crippen LogP contribution in [0.2, 0.25) is 0 Å². The molecule has 1 aromatic carbocycles. The van der Waals surface area contributed by atoms with Gasteiger partial charge in [-0.05, 0) is 17.6 Å². The van der Waals surface area contributed by atoms with Crippen LogP contribution in [0, 0.1) is 0 Å². The summed E-state index contributed by atoms with van der Waals surface area (Å²) in [5.41, 5.74) is 0.853. The fourth-order valence-corrected chi connectivity index (χ4v) is 1.48. The van der Waals surface area contributed by atoms with Gasteiger partial charge in [0.25, 0.3) is 0 Å². The van der Waals surface area contributed by atoms with E-state index in [4.69, 9.17) is 14.5 Å². The van der Waals surface area contributed by atoms with Crippen LogP contribution in [0.3, 0.4) is 0 Å². The maximum absolute atomic E-state index is 9.12. The standard InChI is InChI=1S/C12H15BN2O3/c1-12(2,3)11-15-14-10(18-11)8-5-4-6-9(7-8)13(16)17/h4-7,16-17H,1-3H3. The van der Waals surface area contributed by atoms with Crippen LogP contribution >= 0.6 is 0 Å². The molecule has 0 unspecified atom stereocenters. The molecule has 0 saturated carbocycles. The van der Waals surface area contributed by atoms with Crippen molar-refractivity contribution in [1.29, 1.82) is 0 Å². The van der Waals surface area contributed by atoms with E-state index in [0.717, 1.165) is 0 Å². The highest BCUT2D eigenvalue weighted by Gasteiger charge is 2.22. The maximum Gasteiger partial charge on any atom is 0.488 e. The average molecular weight is 246 g/mol. The highest BCUT2D eigenvalue weighted by atomic mass is 16.4. The fourth-order valence-electron chi connectivity index (χ4n) is 1.48. The molecule has 0 aliphatic rings. The van der Waals surface area contributed by atoms with Crippen LogP contribution in [0.4, 0.5) is 0 Å². The Morgan fingerprint density at radius 1 is 1.17 bits per heavy atom. The lowest BCUT2D eigenvalue weighted by molar-refractivity contribution is 0.399. The summed E-state index contributed by atoms with van der Waals surface area (Å²) in [7, 11) is -1.50. The van der Waals surface area contributed by atoms with Gasteiger partial charge in [-0.1, -0.05) is 32.9 Å². The lowest BCUT2D eigenvalue weighted by atomic mass is 9.80. The van der Waals surface area contributed by atoms with Crippen molar-refractivity contribution in [3.8, 4) is 11.5 Å². The van der Waals surface area contributed by atoms with E-state index in [1.807, 2.05) is 20.8 Å². The van der Waals surface area contributed by atoms with E-state index in [9.17, 15) is 0 Å². The first-order valence-electron chi connectivity index (χ1n) is 5.68.